The minimum Gasteiger partial charge on any atom is -0.288 e. The molecule has 0 unspecified atom stereocenters. The van der Waals surface area contributed by atoms with Gasteiger partial charge in [-0.3, -0.25) is 4.99 Å². The highest BCUT2D eigenvalue weighted by molar-refractivity contribution is 5.87. The van der Waals surface area contributed by atoms with Gasteiger partial charge in [0.25, 0.3) is 0 Å². The van der Waals surface area contributed by atoms with Crippen molar-refractivity contribution in [1.82, 2.24) is 0 Å². The maximum Gasteiger partial charge on any atom is 0.0523 e. The summed E-state index contributed by atoms with van der Waals surface area (Å²) in [5.41, 5.74) is 3.11. The maximum atomic E-state index is 5.41. The normalized spacial score (nSPS) is 20.6. The molecule has 0 atom stereocenters. The zero-order chi connectivity index (χ0) is 19.8. The minimum absolute atomic E-state index is 0.0453. The van der Waals surface area contributed by atoms with Crippen LogP contribution < -0.4 is 0 Å². The Kier molecular flexibility index (Phi) is 8.18. The van der Waals surface area contributed by atoms with Crippen molar-refractivity contribution in [2.75, 3.05) is 0 Å². The zero-order valence-electron chi connectivity index (χ0n) is 18.8. The molecule has 1 heteroatoms. The van der Waals surface area contributed by atoms with E-state index in [0.29, 0.717) is 0 Å². The molecular weight excluding hydrogens is 338 g/mol. The molecule has 0 heterocycles. The molecule has 2 aliphatic rings. The molecule has 0 amide bonds. The van der Waals surface area contributed by atoms with Crippen molar-refractivity contribution in [3.8, 4) is 0 Å². The number of nitrogens with zero attached hydrogens (tertiary/aromatic N) is 1. The molecule has 2 aliphatic carbocycles. The first kappa shape index (κ1) is 21.6. The van der Waals surface area contributed by atoms with E-state index >= 15 is 0 Å². The van der Waals surface area contributed by atoms with Crippen LogP contribution >= 0.6 is 0 Å². The third-order valence-corrected chi connectivity index (χ3v) is 6.92. The van der Waals surface area contributed by atoms with Crippen LogP contribution in [-0.2, 0) is 6.42 Å². The van der Waals surface area contributed by atoms with Crippen LogP contribution in [0.15, 0.2) is 35.3 Å². The predicted octanol–water partition coefficient (Wildman–Crippen LogP) is 8.03. The number of aliphatic imine (C=N–C) groups is 1. The number of hydrogen-bond acceptors (Lipinski definition) is 1. The molecule has 0 saturated heterocycles. The summed E-state index contributed by atoms with van der Waals surface area (Å²) in [6, 6.07) is 11.0. The van der Waals surface area contributed by atoms with Gasteiger partial charge >= 0.3 is 0 Å². The van der Waals surface area contributed by atoms with E-state index in [0.717, 1.165) is 17.8 Å². The van der Waals surface area contributed by atoms with Crippen molar-refractivity contribution in [3.63, 3.8) is 0 Å². The Hall–Kier alpha value is -1.11. The maximum absolute atomic E-state index is 5.41. The van der Waals surface area contributed by atoms with Crippen molar-refractivity contribution in [3.05, 3.63) is 35.9 Å². The summed E-state index contributed by atoms with van der Waals surface area (Å²) in [6.45, 7) is 6.88. The third-order valence-electron chi connectivity index (χ3n) is 6.92. The SMILES string of the molecule is CC(C)(C)N=C(CCCc1ccccc1)C(C1CCCCC1)C1CCCCC1. The highest BCUT2D eigenvalue weighted by Gasteiger charge is 2.35. The number of benzene rings is 1. The fourth-order valence-electron chi connectivity index (χ4n) is 5.76. The van der Waals surface area contributed by atoms with E-state index in [1.165, 1.54) is 89.0 Å². The fraction of sp³-hybridized carbons (Fsp3) is 0.741. The Morgan fingerprint density at radius 1 is 0.857 bits per heavy atom. The van der Waals surface area contributed by atoms with Crippen molar-refractivity contribution < 1.29 is 0 Å². The number of aryl methyl sites for hydroxylation is 1. The average molecular weight is 382 g/mol. The van der Waals surface area contributed by atoms with Crippen molar-refractivity contribution in [1.29, 1.82) is 0 Å². The van der Waals surface area contributed by atoms with E-state index in [9.17, 15) is 0 Å². The molecule has 0 radical (unpaired) electrons. The summed E-state index contributed by atoms with van der Waals surface area (Å²) in [7, 11) is 0. The Bertz CT molecular complexity index is 564. The van der Waals surface area contributed by atoms with Gasteiger partial charge in [-0.05, 0) is 83.1 Å². The lowest BCUT2D eigenvalue weighted by atomic mass is 9.67. The van der Waals surface area contributed by atoms with Gasteiger partial charge in [-0.25, -0.2) is 0 Å². The summed E-state index contributed by atoms with van der Waals surface area (Å²) in [4.78, 5) is 5.41. The van der Waals surface area contributed by atoms with E-state index in [4.69, 9.17) is 4.99 Å². The van der Waals surface area contributed by atoms with Crippen molar-refractivity contribution in [2.24, 2.45) is 22.7 Å². The lowest BCUT2D eigenvalue weighted by Gasteiger charge is -2.39. The average Bonchev–Trinajstić information content (AvgIpc) is 2.69. The van der Waals surface area contributed by atoms with Gasteiger partial charge < -0.3 is 0 Å². The fourth-order valence-corrected chi connectivity index (χ4v) is 5.76. The Balaban J connectivity index is 1.77. The summed E-state index contributed by atoms with van der Waals surface area (Å²) < 4.78 is 0. The third kappa shape index (κ3) is 6.75. The van der Waals surface area contributed by atoms with Gasteiger partial charge in [-0.2, -0.15) is 0 Å². The van der Waals surface area contributed by atoms with Crippen LogP contribution in [0.2, 0.25) is 0 Å². The topological polar surface area (TPSA) is 12.4 Å². The summed E-state index contributed by atoms with van der Waals surface area (Å²) >= 11 is 0. The Labute approximate surface area is 174 Å². The molecule has 1 aromatic carbocycles. The van der Waals surface area contributed by atoms with Gasteiger partial charge in [0.1, 0.15) is 0 Å². The van der Waals surface area contributed by atoms with Gasteiger partial charge in [0.15, 0.2) is 0 Å². The molecule has 0 aliphatic heterocycles. The lowest BCUT2D eigenvalue weighted by molar-refractivity contribution is 0.193. The Morgan fingerprint density at radius 2 is 1.39 bits per heavy atom. The first-order valence-corrected chi connectivity index (χ1v) is 12.2. The molecule has 0 spiro atoms. The Morgan fingerprint density at radius 3 is 1.89 bits per heavy atom. The van der Waals surface area contributed by atoms with E-state index < -0.39 is 0 Å². The predicted molar refractivity (Wildman–Crippen MR) is 123 cm³/mol. The second kappa shape index (κ2) is 10.6. The van der Waals surface area contributed by atoms with Crippen LogP contribution in [-0.4, -0.2) is 11.3 Å². The van der Waals surface area contributed by atoms with Crippen LogP contribution in [0.5, 0.6) is 0 Å². The first-order chi connectivity index (χ1) is 13.5. The lowest BCUT2D eigenvalue weighted by Crippen LogP contribution is -2.35. The van der Waals surface area contributed by atoms with Gasteiger partial charge in [0.05, 0.1) is 5.54 Å². The molecule has 1 nitrogen and oxygen atoms in total. The first-order valence-electron chi connectivity index (χ1n) is 12.2. The van der Waals surface area contributed by atoms with Crippen molar-refractivity contribution in [2.45, 2.75) is 110 Å². The van der Waals surface area contributed by atoms with Gasteiger partial charge in [-0.1, -0.05) is 68.9 Å². The van der Waals surface area contributed by atoms with E-state index in [1.54, 1.807) is 5.71 Å². The molecule has 1 aromatic rings. The monoisotopic (exact) mass is 381 g/mol. The second-order valence-corrected chi connectivity index (χ2v) is 10.4. The zero-order valence-corrected chi connectivity index (χ0v) is 18.8. The van der Waals surface area contributed by atoms with Crippen LogP contribution in [0, 0.1) is 17.8 Å². The van der Waals surface area contributed by atoms with E-state index in [1.807, 2.05) is 0 Å². The summed E-state index contributed by atoms with van der Waals surface area (Å²) in [6.07, 6.45) is 18.1. The molecule has 3 rings (SSSR count). The van der Waals surface area contributed by atoms with Crippen molar-refractivity contribution >= 4 is 5.71 Å². The standard InChI is InChI=1S/C27H43N/c1-27(2,3)28-25(21-13-16-22-14-7-4-8-15-22)26(23-17-9-5-10-18-23)24-19-11-6-12-20-24/h4,7-8,14-15,23-24,26H,5-6,9-13,16-21H2,1-3H3. The molecule has 28 heavy (non-hydrogen) atoms. The van der Waals surface area contributed by atoms with Crippen LogP contribution in [0.3, 0.4) is 0 Å². The smallest absolute Gasteiger partial charge is 0.0523 e. The highest BCUT2D eigenvalue weighted by Crippen LogP contribution is 2.42. The number of rotatable bonds is 7. The van der Waals surface area contributed by atoms with Gasteiger partial charge in [-0.15, -0.1) is 0 Å². The van der Waals surface area contributed by atoms with Crippen LogP contribution in [0.25, 0.3) is 0 Å². The summed E-state index contributed by atoms with van der Waals surface area (Å²) in [5.74, 6) is 2.56. The second-order valence-electron chi connectivity index (χ2n) is 10.4. The van der Waals surface area contributed by atoms with E-state index in [2.05, 4.69) is 51.1 Å². The van der Waals surface area contributed by atoms with Gasteiger partial charge in [0.2, 0.25) is 0 Å². The highest BCUT2D eigenvalue weighted by atomic mass is 14.8. The van der Waals surface area contributed by atoms with Crippen LogP contribution in [0.1, 0.15) is 103 Å². The molecule has 0 N–H and O–H groups in total. The quantitative estimate of drug-likeness (QED) is 0.424. The van der Waals surface area contributed by atoms with Gasteiger partial charge in [0, 0.05) is 11.6 Å². The number of hydrogen-bond donors (Lipinski definition) is 0. The molecule has 2 saturated carbocycles. The van der Waals surface area contributed by atoms with E-state index in [-0.39, 0.29) is 5.54 Å². The largest absolute Gasteiger partial charge is 0.288 e. The molecule has 0 bridgehead atoms. The molecule has 2 fully saturated rings. The summed E-state index contributed by atoms with van der Waals surface area (Å²) in [5, 5.41) is 0. The molecular formula is C27H43N. The van der Waals surface area contributed by atoms with Crippen LogP contribution in [0.4, 0.5) is 0 Å². The molecule has 0 aromatic heterocycles. The minimum atomic E-state index is 0.0453. The molecule has 156 valence electrons.